The summed E-state index contributed by atoms with van der Waals surface area (Å²) in [6, 6.07) is 5.32. The summed E-state index contributed by atoms with van der Waals surface area (Å²) in [5.74, 6) is -1.34. The highest BCUT2D eigenvalue weighted by Gasteiger charge is 2.21. The molecule has 0 aliphatic carbocycles. The van der Waals surface area contributed by atoms with Crippen LogP contribution in [0.4, 0.5) is 10.5 Å². The lowest BCUT2D eigenvalue weighted by atomic mass is 10.2. The summed E-state index contributed by atoms with van der Waals surface area (Å²) < 4.78 is 0. The van der Waals surface area contributed by atoms with Crippen LogP contribution in [0.2, 0.25) is 0 Å². The van der Waals surface area contributed by atoms with Crippen LogP contribution in [0, 0.1) is 0 Å². The van der Waals surface area contributed by atoms with E-state index in [1.807, 2.05) is 5.48 Å². The number of nitrogens with two attached hydrogens (primary N) is 1. The Kier molecular flexibility index (Phi) is 2.65. The van der Waals surface area contributed by atoms with Crippen LogP contribution in [0.3, 0.4) is 0 Å². The van der Waals surface area contributed by atoms with Gasteiger partial charge in [-0.3, -0.25) is 9.69 Å². The van der Waals surface area contributed by atoms with Crippen molar-refractivity contribution in [2.45, 2.75) is 0 Å². The minimum atomic E-state index is -0.798. The summed E-state index contributed by atoms with van der Waals surface area (Å²) in [6.45, 7) is -0.362. The quantitative estimate of drug-likeness (QED) is 0.648. The lowest BCUT2D eigenvalue weighted by molar-refractivity contribution is -0.147. The van der Waals surface area contributed by atoms with E-state index in [0.717, 1.165) is 4.90 Å². The van der Waals surface area contributed by atoms with Gasteiger partial charge in [0, 0.05) is 11.3 Å². The first kappa shape index (κ1) is 10.9. The summed E-state index contributed by atoms with van der Waals surface area (Å²) in [5.41, 5.74) is 7.76. The van der Waals surface area contributed by atoms with Crippen LogP contribution < -0.4 is 16.1 Å². The highest BCUT2D eigenvalue weighted by molar-refractivity contribution is 6.00. The van der Waals surface area contributed by atoms with E-state index in [2.05, 4.69) is 4.84 Å². The number of nitrogens with one attached hydrogen (secondary N) is 1. The number of hydrogen-bond donors (Lipinski definition) is 2. The zero-order valence-corrected chi connectivity index (χ0v) is 8.67. The van der Waals surface area contributed by atoms with Gasteiger partial charge in [-0.2, -0.15) is 5.48 Å². The van der Waals surface area contributed by atoms with E-state index in [4.69, 9.17) is 5.73 Å². The third kappa shape index (κ3) is 2.17. The molecule has 0 radical (unpaired) electrons. The highest BCUT2D eigenvalue weighted by Crippen LogP contribution is 2.17. The van der Waals surface area contributed by atoms with Crippen LogP contribution in [0.15, 0.2) is 24.3 Å². The molecule has 88 valence electrons. The lowest BCUT2D eigenvalue weighted by Crippen LogP contribution is -2.41. The monoisotopic (exact) mass is 235 g/mol. The predicted molar refractivity (Wildman–Crippen MR) is 56.9 cm³/mol. The number of urea groups is 1. The Bertz CT molecular complexity index is 500. The fourth-order valence-electron chi connectivity index (χ4n) is 1.44. The van der Waals surface area contributed by atoms with E-state index in [-0.39, 0.29) is 12.1 Å². The first-order valence-electron chi connectivity index (χ1n) is 4.75. The van der Waals surface area contributed by atoms with Crippen LogP contribution in [-0.4, -0.2) is 24.5 Å². The molecule has 1 heterocycles. The van der Waals surface area contributed by atoms with Gasteiger partial charge in [-0.15, -0.1) is 0 Å². The van der Waals surface area contributed by atoms with Gasteiger partial charge in [0.2, 0.25) is 0 Å². The van der Waals surface area contributed by atoms with Gasteiger partial charge in [-0.25, -0.2) is 9.59 Å². The molecule has 3 amide bonds. The lowest BCUT2D eigenvalue weighted by Gasteiger charge is -2.17. The number of carbonyl (C=O) groups is 3. The molecule has 0 saturated heterocycles. The average Bonchev–Trinajstić information content (AvgIpc) is 2.35. The van der Waals surface area contributed by atoms with Crippen LogP contribution in [-0.2, 0) is 9.63 Å². The zero-order valence-electron chi connectivity index (χ0n) is 8.67. The molecule has 1 aliphatic rings. The molecular weight excluding hydrogens is 226 g/mol. The number of carbonyl (C=O) groups excluding carboxylic acids is 3. The molecule has 0 atom stereocenters. The fraction of sp³-hybridized carbons (Fsp3) is 0.100. The highest BCUT2D eigenvalue weighted by atomic mass is 16.7. The molecule has 0 spiro atoms. The third-order valence-corrected chi connectivity index (χ3v) is 2.23. The number of benzene rings is 1. The van der Waals surface area contributed by atoms with Crippen molar-refractivity contribution in [1.82, 2.24) is 5.48 Å². The Morgan fingerprint density at radius 1 is 1.41 bits per heavy atom. The number of nitrogens with zero attached hydrogens (tertiary/aromatic N) is 1. The maximum absolute atomic E-state index is 11.5. The molecular formula is C10H9N3O4. The van der Waals surface area contributed by atoms with Crippen molar-refractivity contribution in [3.8, 4) is 0 Å². The summed E-state index contributed by atoms with van der Waals surface area (Å²) in [6.07, 6.45) is 0. The molecule has 0 saturated carbocycles. The van der Waals surface area contributed by atoms with Crippen LogP contribution >= 0.6 is 0 Å². The van der Waals surface area contributed by atoms with Gasteiger partial charge in [-0.1, -0.05) is 6.07 Å². The molecule has 1 aromatic carbocycles. The van der Waals surface area contributed by atoms with Gasteiger partial charge < -0.3 is 10.6 Å². The number of anilines is 1. The van der Waals surface area contributed by atoms with E-state index in [0.29, 0.717) is 5.69 Å². The van der Waals surface area contributed by atoms with Crippen molar-refractivity contribution >= 4 is 23.6 Å². The normalized spacial score (nSPS) is 15.2. The smallest absolute Gasteiger partial charge is 0.351 e. The number of fused-ring (bicyclic) bond motifs is 2. The first-order chi connectivity index (χ1) is 8.08. The van der Waals surface area contributed by atoms with Crippen molar-refractivity contribution in [1.29, 1.82) is 0 Å². The van der Waals surface area contributed by atoms with E-state index in [1.165, 1.54) is 12.1 Å². The number of rotatable bonds is 0. The number of amides is 3. The van der Waals surface area contributed by atoms with Crippen molar-refractivity contribution in [2.75, 3.05) is 11.4 Å². The maximum atomic E-state index is 11.5. The predicted octanol–water partition coefficient (Wildman–Crippen LogP) is -0.227. The van der Waals surface area contributed by atoms with Gasteiger partial charge in [0.1, 0.15) is 6.54 Å². The second-order valence-corrected chi connectivity index (χ2v) is 3.38. The Balaban J connectivity index is 2.47. The molecule has 0 aromatic heterocycles. The van der Waals surface area contributed by atoms with E-state index in [9.17, 15) is 14.4 Å². The molecule has 3 N–H and O–H groups in total. The SMILES string of the molecule is NC(=O)N1CC(=O)ONC(=O)c2cccc1c2. The molecule has 0 unspecified atom stereocenters. The van der Waals surface area contributed by atoms with Crippen molar-refractivity contribution in [3.05, 3.63) is 29.8 Å². The first-order valence-corrected chi connectivity index (χ1v) is 4.75. The topological polar surface area (TPSA) is 102 Å². The number of primary amides is 1. The molecule has 1 aromatic rings. The zero-order chi connectivity index (χ0) is 12.4. The Hall–Kier alpha value is -2.57. The van der Waals surface area contributed by atoms with Gasteiger partial charge in [0.25, 0.3) is 5.91 Å². The second-order valence-electron chi connectivity index (χ2n) is 3.38. The summed E-state index contributed by atoms with van der Waals surface area (Å²) in [5, 5.41) is 0. The Labute approximate surface area is 96.1 Å². The Morgan fingerprint density at radius 2 is 2.18 bits per heavy atom. The molecule has 7 nitrogen and oxygen atoms in total. The van der Waals surface area contributed by atoms with Crippen LogP contribution in [0.25, 0.3) is 0 Å². The minimum Gasteiger partial charge on any atom is -0.351 e. The van der Waals surface area contributed by atoms with Gasteiger partial charge in [-0.05, 0) is 18.2 Å². The molecule has 1 aliphatic heterocycles. The number of hydrogen-bond acceptors (Lipinski definition) is 4. The third-order valence-electron chi connectivity index (χ3n) is 2.23. The average molecular weight is 235 g/mol. The van der Waals surface area contributed by atoms with Crippen molar-refractivity contribution in [3.63, 3.8) is 0 Å². The van der Waals surface area contributed by atoms with E-state index >= 15 is 0 Å². The van der Waals surface area contributed by atoms with Gasteiger partial charge >= 0.3 is 12.0 Å². The standard InChI is InChI=1S/C10H9N3O4/c11-10(16)13-5-8(14)17-12-9(15)6-2-1-3-7(13)4-6/h1-4H,5H2,(H2,11,16)(H,12,15). The summed E-state index contributed by atoms with van der Waals surface area (Å²) in [7, 11) is 0. The fourth-order valence-corrected chi connectivity index (χ4v) is 1.44. The molecule has 2 bridgehead atoms. The van der Waals surface area contributed by atoms with Crippen molar-refractivity contribution in [2.24, 2.45) is 5.73 Å². The maximum Gasteiger partial charge on any atom is 0.351 e. The van der Waals surface area contributed by atoms with Gasteiger partial charge in [0.15, 0.2) is 0 Å². The minimum absolute atomic E-state index is 0.267. The second kappa shape index (κ2) is 4.12. The van der Waals surface area contributed by atoms with Crippen molar-refractivity contribution < 1.29 is 19.2 Å². The largest absolute Gasteiger partial charge is 0.351 e. The molecule has 7 heteroatoms. The molecule has 17 heavy (non-hydrogen) atoms. The number of hydroxylamine groups is 1. The van der Waals surface area contributed by atoms with Crippen LogP contribution in [0.1, 0.15) is 10.4 Å². The Morgan fingerprint density at radius 3 is 2.88 bits per heavy atom. The van der Waals surface area contributed by atoms with E-state index in [1.54, 1.807) is 12.1 Å². The molecule has 0 fully saturated rings. The summed E-state index contributed by atoms with van der Waals surface area (Å²) in [4.78, 5) is 39.5. The molecule has 2 rings (SSSR count). The van der Waals surface area contributed by atoms with Crippen LogP contribution in [0.5, 0.6) is 0 Å². The summed E-state index contributed by atoms with van der Waals surface area (Å²) >= 11 is 0. The van der Waals surface area contributed by atoms with E-state index < -0.39 is 17.9 Å². The van der Waals surface area contributed by atoms with Gasteiger partial charge in [0.05, 0.1) is 0 Å².